The molecule has 0 bridgehead atoms. The molecule has 0 spiro atoms. The summed E-state index contributed by atoms with van der Waals surface area (Å²) in [5.74, 6) is 1.95. The molecule has 94 valence electrons. The van der Waals surface area contributed by atoms with E-state index in [1.807, 2.05) is 17.8 Å². The van der Waals surface area contributed by atoms with E-state index in [-0.39, 0.29) is 0 Å². The van der Waals surface area contributed by atoms with Crippen LogP contribution in [-0.2, 0) is 0 Å². The maximum Gasteiger partial charge on any atom is 0.0502 e. The molecule has 0 N–H and O–H groups in total. The van der Waals surface area contributed by atoms with E-state index in [0.717, 1.165) is 0 Å². The number of hydrogen-bond acceptors (Lipinski definition) is 2. The van der Waals surface area contributed by atoms with Crippen molar-refractivity contribution < 1.29 is 0 Å². The maximum atomic E-state index is 4.22. The van der Waals surface area contributed by atoms with E-state index in [1.165, 1.54) is 47.7 Å². The van der Waals surface area contributed by atoms with Crippen molar-refractivity contribution in [3.05, 3.63) is 35.5 Å². The van der Waals surface area contributed by atoms with E-state index < -0.39 is 0 Å². The van der Waals surface area contributed by atoms with Crippen LogP contribution in [0.1, 0.15) is 39.5 Å². The van der Waals surface area contributed by atoms with Gasteiger partial charge >= 0.3 is 0 Å². The first-order valence-electron chi connectivity index (χ1n) is 6.70. The van der Waals surface area contributed by atoms with E-state index >= 15 is 0 Å². The van der Waals surface area contributed by atoms with Gasteiger partial charge in [-0.25, -0.2) is 0 Å². The molecule has 1 saturated heterocycles. The number of thioether (sulfide) groups is 1. The molecule has 2 aliphatic heterocycles. The first kappa shape index (κ1) is 12.8. The zero-order valence-electron chi connectivity index (χ0n) is 11.0. The lowest BCUT2D eigenvalue weighted by Crippen LogP contribution is -2.49. The minimum Gasteiger partial charge on any atom is -0.341 e. The van der Waals surface area contributed by atoms with E-state index in [4.69, 9.17) is 0 Å². The third-order valence-corrected chi connectivity index (χ3v) is 5.10. The predicted octanol–water partition coefficient (Wildman–Crippen LogP) is 4.55. The molecule has 0 aromatic heterocycles. The Hall–Kier alpha value is -0.630. The van der Waals surface area contributed by atoms with Gasteiger partial charge in [0.1, 0.15) is 0 Å². The molecule has 2 unspecified atom stereocenters. The minimum atomic E-state index is 0.685. The summed E-state index contributed by atoms with van der Waals surface area (Å²) in [6, 6.07) is 0.685. The zero-order chi connectivity index (χ0) is 12.4. The molecule has 0 aliphatic carbocycles. The average Bonchev–Trinajstić information content (AvgIpc) is 2.64. The summed E-state index contributed by atoms with van der Waals surface area (Å²) in [5, 5.41) is 0. The van der Waals surface area contributed by atoms with Gasteiger partial charge in [0.15, 0.2) is 0 Å². The molecule has 0 saturated carbocycles. The molecular formula is C15H23NS. The molecular weight excluding hydrogens is 226 g/mol. The smallest absolute Gasteiger partial charge is 0.0502 e. The second-order valence-corrected chi connectivity index (χ2v) is 6.05. The van der Waals surface area contributed by atoms with E-state index in [0.29, 0.717) is 12.0 Å². The summed E-state index contributed by atoms with van der Waals surface area (Å²) in [6.07, 6.45) is 7.04. The Morgan fingerprint density at radius 2 is 2.24 bits per heavy atom. The van der Waals surface area contributed by atoms with E-state index in [1.54, 1.807) is 0 Å². The first-order chi connectivity index (χ1) is 8.24. The van der Waals surface area contributed by atoms with Gasteiger partial charge in [0.25, 0.3) is 0 Å². The van der Waals surface area contributed by atoms with Gasteiger partial charge in [0, 0.05) is 29.0 Å². The van der Waals surface area contributed by atoms with Crippen molar-refractivity contribution in [1.29, 1.82) is 0 Å². The lowest BCUT2D eigenvalue weighted by Gasteiger charge is -2.48. The fourth-order valence-corrected chi connectivity index (χ4v) is 4.20. The Morgan fingerprint density at radius 3 is 2.82 bits per heavy atom. The molecule has 1 nitrogen and oxygen atoms in total. The van der Waals surface area contributed by atoms with Crippen LogP contribution in [0.15, 0.2) is 35.5 Å². The number of fused-ring (bicyclic) bond motifs is 1. The number of allylic oxidation sites excluding steroid dienone is 1. The summed E-state index contributed by atoms with van der Waals surface area (Å²) < 4.78 is 0. The van der Waals surface area contributed by atoms with Crippen molar-refractivity contribution in [1.82, 2.24) is 4.90 Å². The standard InChI is InChI=1S/C15H23NS/c1-5-8-9-17-15-10-14-12(6-2)11(4)16(14)13(15)7-3/h7,12,14H,3-6,8-10H2,1-2H3. The van der Waals surface area contributed by atoms with E-state index in [9.17, 15) is 0 Å². The van der Waals surface area contributed by atoms with Gasteiger partial charge in [-0.2, -0.15) is 0 Å². The summed E-state index contributed by atoms with van der Waals surface area (Å²) >= 11 is 2.03. The Morgan fingerprint density at radius 1 is 1.47 bits per heavy atom. The summed E-state index contributed by atoms with van der Waals surface area (Å²) in [5.41, 5.74) is 2.64. The lowest BCUT2D eigenvalue weighted by atomic mass is 9.83. The number of nitrogens with zero attached hydrogens (tertiary/aromatic N) is 1. The van der Waals surface area contributed by atoms with Crippen LogP contribution in [0.2, 0.25) is 0 Å². The maximum absolute atomic E-state index is 4.22. The quantitative estimate of drug-likeness (QED) is 0.636. The van der Waals surface area contributed by atoms with Gasteiger partial charge in [-0.1, -0.05) is 33.4 Å². The molecule has 1 fully saturated rings. The average molecular weight is 249 g/mol. The fourth-order valence-electron chi connectivity index (χ4n) is 2.90. The second-order valence-electron chi connectivity index (χ2n) is 4.86. The molecule has 2 rings (SSSR count). The van der Waals surface area contributed by atoms with Crippen LogP contribution in [0.5, 0.6) is 0 Å². The lowest BCUT2D eigenvalue weighted by molar-refractivity contribution is 0.143. The zero-order valence-corrected chi connectivity index (χ0v) is 11.9. The third-order valence-electron chi connectivity index (χ3n) is 3.88. The van der Waals surface area contributed by atoms with Gasteiger partial charge in [-0.15, -0.1) is 11.8 Å². The normalized spacial score (nSPS) is 27.2. The van der Waals surface area contributed by atoms with Crippen LogP contribution < -0.4 is 0 Å². The van der Waals surface area contributed by atoms with Gasteiger partial charge in [-0.05, 0) is 24.7 Å². The molecule has 0 radical (unpaired) electrons. The highest BCUT2D eigenvalue weighted by Crippen LogP contribution is 2.51. The molecule has 2 heterocycles. The third kappa shape index (κ3) is 2.08. The molecule has 0 aromatic carbocycles. The van der Waals surface area contributed by atoms with Gasteiger partial charge in [0.05, 0.1) is 5.70 Å². The highest BCUT2D eigenvalue weighted by molar-refractivity contribution is 8.03. The van der Waals surface area contributed by atoms with Crippen molar-refractivity contribution in [3.63, 3.8) is 0 Å². The SMILES string of the molecule is C=CC1=C(SCCCC)CC2C(CC)C(=C)N12. The molecule has 0 aromatic rings. The molecule has 2 aliphatic rings. The van der Waals surface area contributed by atoms with Crippen LogP contribution >= 0.6 is 11.8 Å². The largest absolute Gasteiger partial charge is 0.341 e. The Labute approximate surface area is 110 Å². The second kappa shape index (κ2) is 5.34. The Kier molecular flexibility index (Phi) is 4.03. The van der Waals surface area contributed by atoms with Crippen LogP contribution in [0.3, 0.4) is 0 Å². The highest BCUT2D eigenvalue weighted by atomic mass is 32.2. The monoisotopic (exact) mass is 249 g/mol. The summed E-state index contributed by atoms with van der Waals surface area (Å²) in [4.78, 5) is 3.95. The van der Waals surface area contributed by atoms with Crippen LogP contribution in [0.4, 0.5) is 0 Å². The minimum absolute atomic E-state index is 0.685. The van der Waals surface area contributed by atoms with Gasteiger partial charge in [-0.3, -0.25) is 0 Å². The summed E-state index contributed by atoms with van der Waals surface area (Å²) in [6.45, 7) is 12.7. The van der Waals surface area contributed by atoms with Crippen molar-refractivity contribution in [2.24, 2.45) is 5.92 Å². The van der Waals surface area contributed by atoms with Crippen molar-refractivity contribution >= 4 is 11.8 Å². The van der Waals surface area contributed by atoms with E-state index in [2.05, 4.69) is 31.9 Å². The number of hydrogen-bond donors (Lipinski definition) is 0. The van der Waals surface area contributed by atoms with Crippen molar-refractivity contribution in [3.8, 4) is 0 Å². The Bertz CT molecular complexity index is 356. The number of rotatable bonds is 6. The van der Waals surface area contributed by atoms with Crippen molar-refractivity contribution in [2.75, 3.05) is 5.75 Å². The van der Waals surface area contributed by atoms with Gasteiger partial charge < -0.3 is 4.90 Å². The highest BCUT2D eigenvalue weighted by Gasteiger charge is 2.47. The topological polar surface area (TPSA) is 3.24 Å². The first-order valence-corrected chi connectivity index (χ1v) is 7.69. The van der Waals surface area contributed by atoms with Crippen LogP contribution in [-0.4, -0.2) is 16.7 Å². The van der Waals surface area contributed by atoms with Gasteiger partial charge in [0.2, 0.25) is 0 Å². The van der Waals surface area contributed by atoms with Crippen LogP contribution in [0.25, 0.3) is 0 Å². The predicted molar refractivity (Wildman–Crippen MR) is 77.8 cm³/mol. The number of unbranched alkanes of at least 4 members (excludes halogenated alkanes) is 1. The molecule has 2 atom stereocenters. The summed E-state index contributed by atoms with van der Waals surface area (Å²) in [7, 11) is 0. The molecule has 2 heteroatoms. The Balaban J connectivity index is 2.05. The van der Waals surface area contributed by atoms with Crippen molar-refractivity contribution in [2.45, 2.75) is 45.6 Å². The molecule has 0 amide bonds. The van der Waals surface area contributed by atoms with Crippen LogP contribution in [0, 0.1) is 5.92 Å². The molecule has 17 heavy (non-hydrogen) atoms. The fraction of sp³-hybridized carbons (Fsp3) is 0.600.